The molecule has 234 valence electrons. The number of benzene rings is 9. The standard InChI is InChI=1S/C48H31NS/c1-3-11-32(12-4-1)36-22-27-45-47(30-36)50-48-31-37(33-13-5-2-6-14-33)23-28-46(48)49(45)38-24-19-34(20-25-38)35-21-26-43-41-17-8-7-15-39(41)40-16-9-10-18-42(40)44(43)29-35/h1-31H. The summed E-state index contributed by atoms with van der Waals surface area (Å²) >= 11 is 1.86. The van der Waals surface area contributed by atoms with Crippen molar-refractivity contribution in [3.05, 3.63) is 188 Å². The molecule has 0 amide bonds. The zero-order valence-corrected chi connectivity index (χ0v) is 28.1. The SMILES string of the molecule is c1ccc(-c2ccc3c(c2)Sc2cc(-c4ccccc4)ccc2N3c2ccc(-c3ccc4c5ccccc5c5ccccc5c4c3)cc2)cc1. The molecule has 9 aromatic rings. The second-order valence-corrected chi connectivity index (χ2v) is 14.0. The van der Waals surface area contributed by atoms with Crippen molar-refractivity contribution in [2.45, 2.75) is 9.79 Å². The average molecular weight is 654 g/mol. The number of nitrogens with zero attached hydrogens (tertiary/aromatic N) is 1. The van der Waals surface area contributed by atoms with E-state index in [1.807, 2.05) is 11.8 Å². The van der Waals surface area contributed by atoms with Gasteiger partial charge >= 0.3 is 0 Å². The average Bonchev–Trinajstić information content (AvgIpc) is 3.20. The molecule has 2 heteroatoms. The number of anilines is 3. The first-order chi connectivity index (χ1) is 24.8. The van der Waals surface area contributed by atoms with Crippen LogP contribution in [0.15, 0.2) is 198 Å². The maximum absolute atomic E-state index is 2.43. The van der Waals surface area contributed by atoms with Gasteiger partial charge in [-0.25, -0.2) is 0 Å². The molecular weight excluding hydrogens is 623 g/mol. The maximum Gasteiger partial charge on any atom is 0.0602 e. The second-order valence-electron chi connectivity index (χ2n) is 12.9. The van der Waals surface area contributed by atoms with Crippen LogP contribution >= 0.6 is 11.8 Å². The lowest BCUT2D eigenvalue weighted by atomic mass is 9.92. The molecule has 10 rings (SSSR count). The molecule has 0 atom stereocenters. The first-order valence-corrected chi connectivity index (χ1v) is 17.9. The van der Waals surface area contributed by atoms with E-state index < -0.39 is 0 Å². The van der Waals surface area contributed by atoms with Gasteiger partial charge in [0.15, 0.2) is 0 Å². The number of fused-ring (bicyclic) bond motifs is 8. The summed E-state index contributed by atoms with van der Waals surface area (Å²) in [5.74, 6) is 0. The van der Waals surface area contributed by atoms with E-state index in [0.29, 0.717) is 0 Å². The highest BCUT2D eigenvalue weighted by atomic mass is 32.2. The van der Waals surface area contributed by atoms with Gasteiger partial charge < -0.3 is 4.90 Å². The fourth-order valence-electron chi connectivity index (χ4n) is 7.60. The van der Waals surface area contributed by atoms with Crippen molar-refractivity contribution in [3.63, 3.8) is 0 Å². The minimum atomic E-state index is 1.15. The third-order valence-corrected chi connectivity index (χ3v) is 11.1. The zero-order valence-electron chi connectivity index (χ0n) is 27.3. The van der Waals surface area contributed by atoms with Crippen LogP contribution < -0.4 is 4.90 Å². The minimum absolute atomic E-state index is 1.15. The molecule has 0 unspecified atom stereocenters. The maximum atomic E-state index is 2.43. The van der Waals surface area contributed by atoms with E-state index in [-0.39, 0.29) is 0 Å². The van der Waals surface area contributed by atoms with Gasteiger partial charge in [-0.15, -0.1) is 0 Å². The van der Waals surface area contributed by atoms with Crippen molar-refractivity contribution >= 4 is 61.1 Å². The van der Waals surface area contributed by atoms with Gasteiger partial charge in [0, 0.05) is 15.5 Å². The Bertz CT molecular complexity index is 2590. The highest BCUT2D eigenvalue weighted by Crippen LogP contribution is 2.53. The fourth-order valence-corrected chi connectivity index (χ4v) is 8.73. The normalized spacial score (nSPS) is 12.3. The van der Waals surface area contributed by atoms with Gasteiger partial charge in [0.1, 0.15) is 0 Å². The molecule has 9 aromatic carbocycles. The highest BCUT2D eigenvalue weighted by Gasteiger charge is 2.26. The third-order valence-electron chi connectivity index (χ3n) is 10.0. The Kier molecular flexibility index (Phi) is 6.82. The van der Waals surface area contributed by atoms with Gasteiger partial charge in [0.05, 0.1) is 11.4 Å². The lowest BCUT2D eigenvalue weighted by Crippen LogP contribution is -2.15. The van der Waals surface area contributed by atoms with E-state index in [9.17, 15) is 0 Å². The minimum Gasteiger partial charge on any atom is -0.308 e. The molecule has 0 bridgehead atoms. The van der Waals surface area contributed by atoms with Crippen LogP contribution in [0.5, 0.6) is 0 Å². The Morgan fingerprint density at radius 1 is 0.280 bits per heavy atom. The number of hydrogen-bond acceptors (Lipinski definition) is 2. The van der Waals surface area contributed by atoms with Gasteiger partial charge in [-0.2, -0.15) is 0 Å². The first-order valence-electron chi connectivity index (χ1n) is 17.1. The van der Waals surface area contributed by atoms with Gasteiger partial charge in [-0.3, -0.25) is 0 Å². The van der Waals surface area contributed by atoms with Crippen molar-refractivity contribution < 1.29 is 0 Å². The Morgan fingerprint density at radius 3 is 1.18 bits per heavy atom. The Hall–Kier alpha value is -6.09. The van der Waals surface area contributed by atoms with E-state index in [1.54, 1.807) is 0 Å². The topological polar surface area (TPSA) is 3.24 Å². The van der Waals surface area contributed by atoms with E-state index in [0.717, 1.165) is 5.69 Å². The Morgan fingerprint density at radius 2 is 0.660 bits per heavy atom. The molecule has 50 heavy (non-hydrogen) atoms. The smallest absolute Gasteiger partial charge is 0.0602 e. The second kappa shape index (κ2) is 11.8. The molecule has 0 spiro atoms. The molecule has 0 saturated heterocycles. The number of rotatable bonds is 4. The summed E-state index contributed by atoms with van der Waals surface area (Å²) < 4.78 is 0. The van der Waals surface area contributed by atoms with E-state index in [1.165, 1.54) is 86.9 Å². The molecule has 0 aromatic heterocycles. The van der Waals surface area contributed by atoms with Crippen molar-refractivity contribution in [1.82, 2.24) is 0 Å². The fraction of sp³-hybridized carbons (Fsp3) is 0. The van der Waals surface area contributed by atoms with Crippen LogP contribution in [-0.2, 0) is 0 Å². The van der Waals surface area contributed by atoms with Crippen molar-refractivity contribution in [3.8, 4) is 33.4 Å². The quantitative estimate of drug-likeness (QED) is 0.174. The summed E-state index contributed by atoms with van der Waals surface area (Å²) in [7, 11) is 0. The van der Waals surface area contributed by atoms with Crippen LogP contribution in [-0.4, -0.2) is 0 Å². The van der Waals surface area contributed by atoms with E-state index in [4.69, 9.17) is 0 Å². The zero-order chi connectivity index (χ0) is 33.0. The largest absolute Gasteiger partial charge is 0.308 e. The molecule has 1 aliphatic rings. The van der Waals surface area contributed by atoms with Crippen LogP contribution in [0, 0.1) is 0 Å². The van der Waals surface area contributed by atoms with E-state index >= 15 is 0 Å². The van der Waals surface area contributed by atoms with Gasteiger partial charge in [0.25, 0.3) is 0 Å². The summed E-state index contributed by atoms with van der Waals surface area (Å²) in [4.78, 5) is 4.93. The predicted molar refractivity (Wildman–Crippen MR) is 214 cm³/mol. The van der Waals surface area contributed by atoms with Gasteiger partial charge in [-0.05, 0) is 108 Å². The van der Waals surface area contributed by atoms with Gasteiger partial charge in [0.2, 0.25) is 0 Å². The molecule has 0 N–H and O–H groups in total. The van der Waals surface area contributed by atoms with Crippen molar-refractivity contribution in [2.24, 2.45) is 0 Å². The Labute approximate surface area is 296 Å². The van der Waals surface area contributed by atoms with Crippen LogP contribution in [0.4, 0.5) is 17.1 Å². The lowest BCUT2D eigenvalue weighted by Gasteiger charge is -2.33. The highest BCUT2D eigenvalue weighted by molar-refractivity contribution is 7.99. The van der Waals surface area contributed by atoms with Gasteiger partial charge in [-0.1, -0.05) is 157 Å². The van der Waals surface area contributed by atoms with Crippen LogP contribution in [0.1, 0.15) is 0 Å². The predicted octanol–water partition coefficient (Wildman–Crippen LogP) is 14.1. The van der Waals surface area contributed by atoms with E-state index in [2.05, 4.69) is 193 Å². The van der Waals surface area contributed by atoms with Crippen LogP contribution in [0.25, 0.3) is 65.7 Å². The Balaban J connectivity index is 1.09. The summed E-state index contributed by atoms with van der Waals surface area (Å²) in [5, 5.41) is 7.79. The molecular formula is C48H31NS. The van der Waals surface area contributed by atoms with Crippen LogP contribution in [0.3, 0.4) is 0 Å². The summed E-state index contributed by atoms with van der Waals surface area (Å²) in [6, 6.07) is 68.7. The number of hydrogen-bond donors (Lipinski definition) is 0. The molecule has 0 aliphatic carbocycles. The monoisotopic (exact) mass is 653 g/mol. The molecule has 1 heterocycles. The lowest BCUT2D eigenvalue weighted by molar-refractivity contribution is 1.17. The summed E-state index contributed by atoms with van der Waals surface area (Å²) in [5.41, 5.74) is 10.9. The molecule has 0 radical (unpaired) electrons. The molecule has 1 nitrogen and oxygen atoms in total. The van der Waals surface area contributed by atoms with Crippen molar-refractivity contribution in [1.29, 1.82) is 0 Å². The molecule has 1 aliphatic heterocycles. The first kappa shape index (κ1) is 28.9. The summed E-state index contributed by atoms with van der Waals surface area (Å²) in [6.45, 7) is 0. The summed E-state index contributed by atoms with van der Waals surface area (Å²) in [6.07, 6.45) is 0. The van der Waals surface area contributed by atoms with Crippen molar-refractivity contribution in [2.75, 3.05) is 4.90 Å². The van der Waals surface area contributed by atoms with Crippen LogP contribution in [0.2, 0.25) is 0 Å². The molecule has 0 fully saturated rings. The third kappa shape index (κ3) is 4.80. The molecule has 0 saturated carbocycles.